The number of nitro groups is 1. The number of thioether (sulfide) groups is 1. The first-order valence-electron chi connectivity index (χ1n) is 10.4. The summed E-state index contributed by atoms with van der Waals surface area (Å²) in [6.45, 7) is 0. The van der Waals surface area contributed by atoms with Crippen molar-refractivity contribution in [1.82, 2.24) is 0 Å². The van der Waals surface area contributed by atoms with Crippen molar-refractivity contribution in [1.29, 1.82) is 0 Å². The molecule has 9 heteroatoms. The van der Waals surface area contributed by atoms with Crippen LogP contribution in [0.15, 0.2) is 65.6 Å². The predicted molar refractivity (Wildman–Crippen MR) is 132 cm³/mol. The highest BCUT2D eigenvalue weighted by Crippen LogP contribution is 2.59. The molecule has 0 radical (unpaired) electrons. The zero-order valence-corrected chi connectivity index (χ0v) is 20.1. The molecule has 1 heterocycles. The number of anilines is 1. The Hall–Kier alpha value is -1.99. The Morgan fingerprint density at radius 3 is 2.52 bits per heavy atom. The molecule has 0 amide bonds. The van der Waals surface area contributed by atoms with Gasteiger partial charge in [-0.3, -0.25) is 10.1 Å². The van der Waals surface area contributed by atoms with Crippen LogP contribution in [0.5, 0.6) is 0 Å². The predicted octanol–water partition coefficient (Wildman–Crippen LogP) is 8.08. The molecule has 170 valence electrons. The summed E-state index contributed by atoms with van der Waals surface area (Å²) in [4.78, 5) is 11.7. The summed E-state index contributed by atoms with van der Waals surface area (Å²) in [5.74, 6) is -0.268. The van der Waals surface area contributed by atoms with Gasteiger partial charge in [0.25, 0.3) is 5.69 Å². The van der Waals surface area contributed by atoms with Crippen LogP contribution in [0.4, 0.5) is 15.8 Å². The Kier molecular flexibility index (Phi) is 6.21. The van der Waals surface area contributed by atoms with Crippen molar-refractivity contribution < 1.29 is 9.31 Å². The molecule has 1 aliphatic carbocycles. The van der Waals surface area contributed by atoms with E-state index >= 15 is 0 Å². The van der Waals surface area contributed by atoms with Crippen LogP contribution >= 0.6 is 46.6 Å². The summed E-state index contributed by atoms with van der Waals surface area (Å²) in [7, 11) is 0. The van der Waals surface area contributed by atoms with Gasteiger partial charge >= 0.3 is 0 Å². The number of hydrogen-bond acceptors (Lipinski definition) is 4. The van der Waals surface area contributed by atoms with Gasteiger partial charge in [0.05, 0.1) is 37.0 Å². The van der Waals surface area contributed by atoms with Crippen LogP contribution in [0.2, 0.25) is 10.0 Å². The minimum absolute atomic E-state index is 0.0481. The van der Waals surface area contributed by atoms with Crippen molar-refractivity contribution in [2.75, 3.05) is 5.32 Å². The number of benzene rings is 3. The second-order valence-electron chi connectivity index (χ2n) is 8.25. The lowest BCUT2D eigenvalue weighted by Crippen LogP contribution is -2.31. The van der Waals surface area contributed by atoms with Gasteiger partial charge in [-0.25, -0.2) is 4.39 Å². The molecule has 0 spiro atoms. The van der Waals surface area contributed by atoms with E-state index in [9.17, 15) is 14.5 Å². The number of rotatable bonds is 4. The zero-order valence-electron chi connectivity index (χ0n) is 17.1. The Morgan fingerprint density at radius 1 is 1.06 bits per heavy atom. The van der Waals surface area contributed by atoms with E-state index in [-0.39, 0.29) is 44.9 Å². The van der Waals surface area contributed by atoms with Crippen molar-refractivity contribution in [3.05, 3.63) is 97.8 Å². The Bertz CT molecular complexity index is 1230. The minimum Gasteiger partial charge on any atom is -0.376 e. The van der Waals surface area contributed by atoms with Gasteiger partial charge < -0.3 is 5.32 Å². The molecule has 1 N–H and O–H groups in total. The van der Waals surface area contributed by atoms with Crippen LogP contribution in [-0.4, -0.2) is 15.6 Å². The SMILES string of the molecule is O=[N+]([O-])c1ccccc1S[C@@H]1C[C@H]2[C@@H](c3ccc(Cl)c(Cl)c3N[C@H]2c2ccc(F)cc2)[C@@H]1Cl. The average Bonchev–Trinajstić information content (AvgIpc) is 3.13. The van der Waals surface area contributed by atoms with Crippen molar-refractivity contribution in [3.63, 3.8) is 0 Å². The molecule has 1 aliphatic heterocycles. The van der Waals surface area contributed by atoms with E-state index in [0.717, 1.165) is 23.2 Å². The van der Waals surface area contributed by atoms with Crippen molar-refractivity contribution in [2.24, 2.45) is 5.92 Å². The number of nitro benzene ring substituents is 1. The van der Waals surface area contributed by atoms with Crippen molar-refractivity contribution in [3.8, 4) is 0 Å². The van der Waals surface area contributed by atoms with Gasteiger partial charge in [0.2, 0.25) is 0 Å². The molecule has 1 saturated carbocycles. The van der Waals surface area contributed by atoms with Crippen LogP contribution in [0.25, 0.3) is 0 Å². The van der Waals surface area contributed by atoms with Crippen molar-refractivity contribution in [2.45, 2.75) is 33.9 Å². The van der Waals surface area contributed by atoms with Crippen LogP contribution in [0, 0.1) is 21.8 Å². The first-order valence-corrected chi connectivity index (χ1v) is 12.5. The van der Waals surface area contributed by atoms with Crippen LogP contribution in [0.1, 0.15) is 29.5 Å². The maximum Gasteiger partial charge on any atom is 0.282 e. The van der Waals surface area contributed by atoms with Crippen LogP contribution in [-0.2, 0) is 0 Å². The lowest BCUT2D eigenvalue weighted by Gasteiger charge is -2.39. The number of nitrogens with zero attached hydrogens (tertiary/aromatic N) is 1. The summed E-state index contributed by atoms with van der Waals surface area (Å²) in [6.07, 6.45) is 0.726. The number of para-hydroxylation sites is 1. The maximum absolute atomic E-state index is 13.6. The summed E-state index contributed by atoms with van der Waals surface area (Å²) < 4.78 is 13.6. The number of fused-ring (bicyclic) bond motifs is 3. The fourth-order valence-electron chi connectivity index (χ4n) is 4.99. The van der Waals surface area contributed by atoms with Gasteiger partial charge in [0.1, 0.15) is 5.82 Å². The molecule has 5 atom stereocenters. The second kappa shape index (κ2) is 8.99. The summed E-state index contributed by atoms with van der Waals surface area (Å²) in [5, 5.41) is 15.6. The molecule has 3 aromatic rings. The minimum atomic E-state index is -0.368. The van der Waals surface area contributed by atoms with Gasteiger partial charge in [-0.15, -0.1) is 23.4 Å². The molecule has 1 fully saturated rings. The van der Waals surface area contributed by atoms with Gasteiger partial charge in [0, 0.05) is 17.2 Å². The lowest BCUT2D eigenvalue weighted by atomic mass is 9.77. The molecule has 3 aromatic carbocycles. The first-order chi connectivity index (χ1) is 15.8. The fourth-order valence-corrected chi connectivity index (χ4v) is 7.32. The average molecular weight is 524 g/mol. The van der Waals surface area contributed by atoms with Gasteiger partial charge in [0.15, 0.2) is 0 Å². The van der Waals surface area contributed by atoms with Gasteiger partial charge in [-0.2, -0.15) is 0 Å². The second-order valence-corrected chi connectivity index (χ2v) is 10.8. The molecular formula is C24H18Cl3FN2O2S. The van der Waals surface area contributed by atoms with E-state index in [1.165, 1.54) is 30.0 Å². The molecule has 0 bridgehead atoms. The number of alkyl halides is 1. The molecule has 0 saturated heterocycles. The highest BCUT2D eigenvalue weighted by atomic mass is 35.5. The Balaban J connectivity index is 1.56. The standard InChI is InChI=1S/C24H18Cl3FN2O2S/c25-16-10-9-14-20-15(23(29-24(14)21(16)26)12-5-7-13(28)8-6-12)11-19(22(20)27)33-18-4-2-1-3-17(18)30(31)32/h1-10,15,19-20,22-23,29H,11H2/t15-,19+,20+,22+,23-/m0/s1. The van der Waals surface area contributed by atoms with Crippen LogP contribution in [0.3, 0.4) is 0 Å². The molecule has 4 nitrogen and oxygen atoms in total. The van der Waals surface area contributed by atoms with E-state index in [0.29, 0.717) is 14.9 Å². The number of halogens is 4. The van der Waals surface area contributed by atoms with Gasteiger partial charge in [-0.1, -0.05) is 53.5 Å². The zero-order chi connectivity index (χ0) is 23.3. The van der Waals surface area contributed by atoms with E-state index in [2.05, 4.69) is 5.32 Å². The molecular weight excluding hydrogens is 506 g/mol. The largest absolute Gasteiger partial charge is 0.376 e. The lowest BCUT2D eigenvalue weighted by molar-refractivity contribution is -0.387. The summed E-state index contributed by atoms with van der Waals surface area (Å²) in [5.41, 5.74) is 2.72. The smallest absolute Gasteiger partial charge is 0.282 e. The third kappa shape index (κ3) is 4.08. The molecule has 33 heavy (non-hydrogen) atoms. The Labute approximate surface area is 209 Å². The van der Waals surface area contributed by atoms with Gasteiger partial charge in [-0.05, 0) is 47.7 Å². The normalized spacial score (nSPS) is 25.8. The molecule has 0 unspecified atom stereocenters. The number of hydrogen-bond donors (Lipinski definition) is 1. The third-order valence-corrected chi connectivity index (χ3v) is 9.36. The van der Waals surface area contributed by atoms with E-state index in [1.807, 2.05) is 6.07 Å². The van der Waals surface area contributed by atoms with Crippen LogP contribution < -0.4 is 5.32 Å². The molecule has 2 aliphatic rings. The Morgan fingerprint density at radius 2 is 1.79 bits per heavy atom. The molecule has 0 aromatic heterocycles. The maximum atomic E-state index is 13.6. The summed E-state index contributed by atoms with van der Waals surface area (Å²) >= 11 is 21.4. The fraction of sp³-hybridized carbons (Fsp3) is 0.250. The first kappa shape index (κ1) is 22.8. The van der Waals surface area contributed by atoms with Crippen molar-refractivity contribution >= 4 is 57.9 Å². The highest BCUT2D eigenvalue weighted by molar-refractivity contribution is 8.00. The third-order valence-electron chi connectivity index (χ3n) is 6.45. The van der Waals surface area contributed by atoms with E-state index in [4.69, 9.17) is 34.8 Å². The number of nitrogens with one attached hydrogen (secondary N) is 1. The van der Waals surface area contributed by atoms with E-state index in [1.54, 1.807) is 36.4 Å². The topological polar surface area (TPSA) is 55.2 Å². The highest BCUT2D eigenvalue weighted by Gasteiger charge is 2.50. The van der Waals surface area contributed by atoms with E-state index < -0.39 is 0 Å². The summed E-state index contributed by atoms with van der Waals surface area (Å²) in [6, 6.07) is 16.7. The molecule has 5 rings (SSSR count). The monoisotopic (exact) mass is 522 g/mol. The quantitative estimate of drug-likeness (QED) is 0.213.